The molecule has 1 aliphatic heterocycles. The Morgan fingerprint density at radius 2 is 1.59 bits per heavy atom. The average molecular weight is 676 g/mol. The van der Waals surface area contributed by atoms with E-state index in [-0.39, 0.29) is 36.1 Å². The third kappa shape index (κ3) is 6.37. The Kier molecular flexibility index (Phi) is 8.83. The molecule has 5 aliphatic rings. The minimum Gasteiger partial charge on any atom is -0.390 e. The largest absolute Gasteiger partial charge is 0.390 e. The number of fused-ring (bicyclic) bond motifs is 5. The molecular formula is C36H43F2N7O4. The summed E-state index contributed by atoms with van der Waals surface area (Å²) in [5.74, 6) is 2.20. The summed E-state index contributed by atoms with van der Waals surface area (Å²) in [6, 6.07) is 11.3. The summed E-state index contributed by atoms with van der Waals surface area (Å²) in [6.07, 6.45) is 9.57. The number of aromatic nitrogens is 4. The molecule has 2 aromatic carbocycles. The highest BCUT2D eigenvalue weighted by molar-refractivity contribution is 5.95. The second-order valence-corrected chi connectivity index (χ2v) is 15.2. The fourth-order valence-electron chi connectivity index (χ4n) is 10.1. The number of rotatable bonds is 5. The molecule has 260 valence electrons. The van der Waals surface area contributed by atoms with Crippen molar-refractivity contribution in [3.63, 3.8) is 0 Å². The van der Waals surface area contributed by atoms with Gasteiger partial charge in [0.05, 0.1) is 17.0 Å². The van der Waals surface area contributed by atoms with Gasteiger partial charge in [0, 0.05) is 5.92 Å². The molecule has 4 fully saturated rings. The minimum atomic E-state index is -0.524. The molecule has 0 unspecified atom stereocenters. The van der Waals surface area contributed by atoms with Crippen LogP contribution in [-0.4, -0.2) is 48.7 Å². The van der Waals surface area contributed by atoms with Crippen LogP contribution in [0, 0.1) is 52.6 Å². The Balaban J connectivity index is 0.000000244. The number of carbonyl (C=O) groups excluding carboxylic acids is 2. The zero-order valence-corrected chi connectivity index (χ0v) is 27.9. The van der Waals surface area contributed by atoms with Crippen molar-refractivity contribution in [1.29, 1.82) is 0 Å². The molecule has 0 saturated heterocycles. The predicted molar refractivity (Wildman–Crippen MR) is 175 cm³/mol. The number of hydrogen-bond donors (Lipinski definition) is 1. The molecule has 4 aliphatic carbocycles. The molecule has 8 rings (SSSR count). The van der Waals surface area contributed by atoms with E-state index in [0.29, 0.717) is 29.1 Å². The number of amides is 1. The number of nitrogens with zero attached hydrogens (tertiary/aromatic N) is 7. The Labute approximate surface area is 283 Å². The first-order chi connectivity index (χ1) is 23.4. The zero-order valence-electron chi connectivity index (χ0n) is 27.9. The maximum Gasteiger partial charge on any atom is 0.368 e. The highest BCUT2D eigenvalue weighted by Crippen LogP contribution is 2.64. The number of Topliss-reactive ketones (excluding diaryl/α,β-unsaturated/α-hetero) is 1. The van der Waals surface area contributed by atoms with Gasteiger partial charge in [-0.2, -0.15) is 19.5 Å². The summed E-state index contributed by atoms with van der Waals surface area (Å²) >= 11 is 0. The van der Waals surface area contributed by atoms with Gasteiger partial charge < -0.3 is 5.11 Å². The summed E-state index contributed by atoms with van der Waals surface area (Å²) in [6.45, 7) is 4.27. The van der Waals surface area contributed by atoms with Crippen LogP contribution >= 0.6 is 0 Å². The van der Waals surface area contributed by atoms with Gasteiger partial charge in [0.15, 0.2) is 5.78 Å². The smallest absolute Gasteiger partial charge is 0.368 e. The number of halogens is 2. The Morgan fingerprint density at radius 1 is 0.878 bits per heavy atom. The van der Waals surface area contributed by atoms with Crippen molar-refractivity contribution in [3.8, 4) is 5.69 Å². The van der Waals surface area contributed by atoms with Crippen LogP contribution in [0.15, 0.2) is 63.7 Å². The number of ketones is 1. The predicted octanol–water partition coefficient (Wildman–Crippen LogP) is 5.70. The van der Waals surface area contributed by atoms with E-state index in [2.05, 4.69) is 27.7 Å². The third-order valence-electron chi connectivity index (χ3n) is 12.3. The molecular weight excluding hydrogens is 632 g/mol. The first kappa shape index (κ1) is 33.4. The molecule has 2 heterocycles. The summed E-state index contributed by atoms with van der Waals surface area (Å²) in [7, 11) is 0. The highest BCUT2D eigenvalue weighted by atomic mass is 19.1. The fourth-order valence-corrected chi connectivity index (χ4v) is 10.1. The lowest BCUT2D eigenvalue weighted by Gasteiger charge is -2.56. The van der Waals surface area contributed by atoms with E-state index in [0.717, 1.165) is 64.7 Å². The first-order valence-corrected chi connectivity index (χ1v) is 17.4. The molecule has 0 bridgehead atoms. The van der Waals surface area contributed by atoms with Crippen molar-refractivity contribution in [2.75, 3.05) is 11.6 Å². The van der Waals surface area contributed by atoms with E-state index < -0.39 is 22.9 Å². The van der Waals surface area contributed by atoms with Crippen LogP contribution in [0.4, 0.5) is 14.5 Å². The van der Waals surface area contributed by atoms with Crippen molar-refractivity contribution >= 4 is 17.4 Å². The van der Waals surface area contributed by atoms with Gasteiger partial charge in [-0.15, -0.1) is 0 Å². The zero-order chi connectivity index (χ0) is 34.5. The van der Waals surface area contributed by atoms with Crippen LogP contribution in [0.1, 0.15) is 71.6 Å². The number of anilines is 1. The summed E-state index contributed by atoms with van der Waals surface area (Å²) in [5.41, 5.74) is -0.357. The molecule has 13 heteroatoms. The van der Waals surface area contributed by atoms with Crippen molar-refractivity contribution in [3.05, 3.63) is 70.6 Å². The molecule has 0 spiro atoms. The van der Waals surface area contributed by atoms with Crippen molar-refractivity contribution in [2.24, 2.45) is 51.3 Å². The second kappa shape index (κ2) is 13.0. The topological polar surface area (TPSA) is 135 Å². The van der Waals surface area contributed by atoms with E-state index in [1.54, 1.807) is 12.1 Å². The number of aliphatic hydroxyl groups is 1. The van der Waals surface area contributed by atoms with Crippen LogP contribution < -0.4 is 10.7 Å². The second-order valence-electron chi connectivity index (χ2n) is 15.2. The maximum absolute atomic E-state index is 13.6. The molecule has 4 saturated carbocycles. The van der Waals surface area contributed by atoms with Crippen molar-refractivity contribution in [1.82, 2.24) is 19.8 Å². The molecule has 11 nitrogen and oxygen atoms in total. The molecule has 49 heavy (non-hydrogen) atoms. The lowest BCUT2D eigenvalue weighted by atomic mass is 9.49. The van der Waals surface area contributed by atoms with Crippen LogP contribution in [0.5, 0.6) is 0 Å². The van der Waals surface area contributed by atoms with Gasteiger partial charge >= 0.3 is 5.69 Å². The molecule has 0 radical (unpaired) electrons. The summed E-state index contributed by atoms with van der Waals surface area (Å²) in [4.78, 5) is 37.5. The SMILES string of the molecule is C[C@@]1(O)CC[C@H]2[C@H](CC[C@@H]3[C@@H]2CC[C@]2(C)[C@@H](C(=O)Cn4nnn(-c5cccc(F)c5)c4=O)CC[C@@H]32)C1.O=C1CN=NN1c1cccc(F)c1. The van der Waals surface area contributed by atoms with Gasteiger partial charge in [0.25, 0.3) is 5.91 Å². The third-order valence-corrected chi connectivity index (χ3v) is 12.3. The molecule has 1 N–H and O–H groups in total. The monoisotopic (exact) mass is 675 g/mol. The van der Waals surface area contributed by atoms with Crippen LogP contribution in [-0.2, 0) is 16.1 Å². The Bertz CT molecular complexity index is 1820. The van der Waals surface area contributed by atoms with Gasteiger partial charge in [0.1, 0.15) is 24.7 Å². The molecule has 3 aromatic rings. The average Bonchev–Trinajstić information content (AvgIpc) is 3.76. The van der Waals surface area contributed by atoms with Gasteiger partial charge in [-0.25, -0.2) is 13.6 Å². The quantitative estimate of drug-likeness (QED) is 0.369. The molecule has 8 atom stereocenters. The number of tetrazole rings is 1. The normalized spacial score (nSPS) is 33.3. The molecule has 1 amide bonds. The van der Waals surface area contributed by atoms with Gasteiger partial charge in [0.2, 0.25) is 0 Å². The van der Waals surface area contributed by atoms with Crippen molar-refractivity contribution < 1.29 is 23.5 Å². The minimum absolute atomic E-state index is 0.0343. The summed E-state index contributed by atoms with van der Waals surface area (Å²) < 4.78 is 28.5. The highest BCUT2D eigenvalue weighted by Gasteiger charge is 2.58. The van der Waals surface area contributed by atoms with Crippen molar-refractivity contribution in [2.45, 2.75) is 83.8 Å². The maximum atomic E-state index is 13.6. The fraction of sp³-hybridized carbons (Fsp3) is 0.583. The van der Waals surface area contributed by atoms with E-state index in [1.165, 1.54) is 55.7 Å². The van der Waals surface area contributed by atoms with Crippen LogP contribution in [0.3, 0.4) is 0 Å². The van der Waals surface area contributed by atoms with E-state index in [9.17, 15) is 28.3 Å². The number of hydrogen-bond acceptors (Lipinski definition) is 8. The number of benzene rings is 2. The Morgan fingerprint density at radius 3 is 2.31 bits per heavy atom. The van der Waals surface area contributed by atoms with Gasteiger partial charge in [-0.05, 0) is 147 Å². The van der Waals surface area contributed by atoms with E-state index >= 15 is 0 Å². The van der Waals surface area contributed by atoms with E-state index in [4.69, 9.17) is 0 Å². The lowest BCUT2D eigenvalue weighted by Crippen LogP contribution is -2.51. The first-order valence-electron chi connectivity index (χ1n) is 17.4. The Hall–Kier alpha value is -4.13. The lowest BCUT2D eigenvalue weighted by molar-refractivity contribution is -0.133. The van der Waals surface area contributed by atoms with Crippen LogP contribution in [0.2, 0.25) is 0 Å². The summed E-state index contributed by atoms with van der Waals surface area (Å²) in [5, 5.41) is 26.6. The van der Waals surface area contributed by atoms with Crippen LogP contribution in [0.25, 0.3) is 5.69 Å². The molecule has 1 aromatic heterocycles. The standard InChI is InChI=1S/C28H37FN4O3.C8H6FN3O/c1-27(36)12-10-20-17(15-27)6-7-22-21(20)11-13-28(2)23(22)8-9-24(28)25(34)16-32-26(35)33(31-30-32)19-5-3-4-18(29)14-19;9-6-2-1-3-7(4-6)12-8(13)5-10-11-12/h3-5,14,17,20-24,36H,6-13,15-16H2,1-2H3;1-4H,5H2/t17-,20+,21-,22-,23+,24-,27-,28+;/m1./s1. The van der Waals surface area contributed by atoms with Gasteiger partial charge in [-0.1, -0.05) is 24.3 Å². The van der Waals surface area contributed by atoms with Gasteiger partial charge in [-0.3, -0.25) is 9.59 Å². The van der Waals surface area contributed by atoms with E-state index in [1.807, 2.05) is 6.92 Å². The number of carbonyl (C=O) groups is 2.